The molecule has 0 aliphatic heterocycles. The predicted octanol–water partition coefficient (Wildman–Crippen LogP) is 1.75. The molecule has 4 fully saturated rings. The van der Waals surface area contributed by atoms with Crippen molar-refractivity contribution in [3.05, 3.63) is 45.8 Å². The number of anilines is 2. The summed E-state index contributed by atoms with van der Waals surface area (Å²) in [6.07, 6.45) is 4.07. The normalized spacial score (nSPS) is 30.0. The minimum Gasteiger partial charge on any atom is -0.389 e. The van der Waals surface area contributed by atoms with Crippen LogP contribution in [0, 0.1) is 30.5 Å². The number of amides is 1. The van der Waals surface area contributed by atoms with E-state index in [2.05, 4.69) is 15.3 Å². The number of primary amides is 1. The number of nitrogens with zero attached hydrogens (tertiary/aromatic N) is 4. The number of halogens is 1. The zero-order valence-corrected chi connectivity index (χ0v) is 17.7. The van der Waals surface area contributed by atoms with Gasteiger partial charge in [0.2, 0.25) is 5.95 Å². The van der Waals surface area contributed by atoms with Gasteiger partial charge >= 0.3 is 5.69 Å². The Morgan fingerprint density at radius 3 is 2.78 bits per heavy atom. The molecule has 5 unspecified atom stereocenters. The standard InChI is InChI=1S/C22H23FN6O3/c1-9-3-11(18(24)30)14(23)5-15(9)26-20-25-8-16-19(27-20)29(21(31)28(16)2)17-12-7-22(32)6-10(12)4-13(17)22/h3,5,8,10,12-13,17,32H,4,6-7H2,1-2H3,(H2,24,30)(H,25,26,27). The van der Waals surface area contributed by atoms with Crippen LogP contribution in [0.4, 0.5) is 16.0 Å². The second-order valence-electron chi connectivity index (χ2n) is 9.52. The van der Waals surface area contributed by atoms with Crippen LogP contribution in [-0.4, -0.2) is 35.7 Å². The minimum atomic E-state index is -0.839. The highest BCUT2D eigenvalue weighted by molar-refractivity contribution is 5.94. The Bertz CT molecular complexity index is 1380. The lowest BCUT2D eigenvalue weighted by Gasteiger charge is -2.27. The topological polar surface area (TPSA) is 128 Å². The van der Waals surface area contributed by atoms with Gasteiger partial charge in [0.05, 0.1) is 17.4 Å². The summed E-state index contributed by atoms with van der Waals surface area (Å²) in [4.78, 5) is 33.4. The molecule has 5 atom stereocenters. The van der Waals surface area contributed by atoms with Crippen molar-refractivity contribution in [2.24, 2.45) is 30.5 Å². The number of hydrogen-bond donors (Lipinski definition) is 3. The maximum Gasteiger partial charge on any atom is 0.330 e. The van der Waals surface area contributed by atoms with Crippen molar-refractivity contribution in [1.29, 1.82) is 0 Å². The van der Waals surface area contributed by atoms with Crippen LogP contribution in [0.5, 0.6) is 0 Å². The van der Waals surface area contributed by atoms with E-state index in [-0.39, 0.29) is 35.1 Å². The summed E-state index contributed by atoms with van der Waals surface area (Å²) in [5.41, 5.74) is 6.27. The largest absolute Gasteiger partial charge is 0.389 e. The molecule has 0 radical (unpaired) electrons. The molecule has 9 nitrogen and oxygen atoms in total. The van der Waals surface area contributed by atoms with Gasteiger partial charge < -0.3 is 16.2 Å². The molecule has 4 N–H and O–H groups in total. The Morgan fingerprint density at radius 2 is 2.16 bits per heavy atom. The Balaban J connectivity index is 1.43. The second kappa shape index (κ2) is 6.16. The van der Waals surface area contributed by atoms with Crippen molar-refractivity contribution in [2.45, 2.75) is 37.8 Å². The summed E-state index contributed by atoms with van der Waals surface area (Å²) in [5.74, 6) is -0.582. The Labute approximate surface area is 182 Å². The van der Waals surface area contributed by atoms with E-state index in [0.717, 1.165) is 19.3 Å². The Morgan fingerprint density at radius 1 is 1.38 bits per heavy atom. The fourth-order valence-electron chi connectivity index (χ4n) is 6.49. The maximum atomic E-state index is 14.3. The van der Waals surface area contributed by atoms with Crippen LogP contribution in [-0.2, 0) is 7.05 Å². The lowest BCUT2D eigenvalue weighted by molar-refractivity contribution is 0.0173. The number of nitrogens with one attached hydrogen (secondary N) is 1. The number of carbonyl (C=O) groups excluding carboxylic acids is 1. The van der Waals surface area contributed by atoms with Crippen LogP contribution in [0.15, 0.2) is 23.1 Å². The number of imidazole rings is 1. The number of benzene rings is 1. The van der Waals surface area contributed by atoms with Crippen molar-refractivity contribution in [3.8, 4) is 0 Å². The van der Waals surface area contributed by atoms with Crippen molar-refractivity contribution in [3.63, 3.8) is 0 Å². The quantitative estimate of drug-likeness (QED) is 0.569. The van der Waals surface area contributed by atoms with E-state index in [1.165, 1.54) is 16.7 Å². The van der Waals surface area contributed by atoms with Gasteiger partial charge in [0.25, 0.3) is 5.91 Å². The highest BCUT2D eigenvalue weighted by Crippen LogP contribution is 2.69. The van der Waals surface area contributed by atoms with Gasteiger partial charge in [-0.25, -0.2) is 14.2 Å². The first-order valence-electron chi connectivity index (χ1n) is 10.7. The van der Waals surface area contributed by atoms with E-state index in [9.17, 15) is 19.1 Å². The molecule has 7 rings (SSSR count). The first-order valence-corrected chi connectivity index (χ1v) is 10.7. The molecule has 2 aromatic heterocycles. The maximum absolute atomic E-state index is 14.3. The molecule has 4 saturated carbocycles. The summed E-state index contributed by atoms with van der Waals surface area (Å²) in [5, 5.41) is 14.0. The lowest BCUT2D eigenvalue weighted by Crippen LogP contribution is -2.35. The van der Waals surface area contributed by atoms with Crippen LogP contribution in [0.25, 0.3) is 11.2 Å². The molecular formula is C22H23FN6O3. The first-order chi connectivity index (χ1) is 15.2. The van der Waals surface area contributed by atoms with Crippen LogP contribution in [0.1, 0.15) is 41.2 Å². The average Bonchev–Trinajstić information content (AvgIpc) is 3.46. The molecule has 4 bridgehead atoms. The molecule has 166 valence electrons. The molecule has 1 aromatic carbocycles. The number of aryl methyl sites for hydroxylation is 2. The average molecular weight is 438 g/mol. The molecule has 32 heavy (non-hydrogen) atoms. The van der Waals surface area contributed by atoms with E-state index >= 15 is 0 Å². The Kier molecular flexibility index (Phi) is 3.74. The fraction of sp³-hybridized carbons (Fsp3) is 0.455. The van der Waals surface area contributed by atoms with E-state index in [4.69, 9.17) is 5.73 Å². The van der Waals surface area contributed by atoms with Crippen molar-refractivity contribution < 1.29 is 14.3 Å². The minimum absolute atomic E-state index is 0.0601. The molecule has 2 heterocycles. The third kappa shape index (κ3) is 2.41. The fourth-order valence-corrected chi connectivity index (χ4v) is 6.49. The Hall–Kier alpha value is -3.27. The van der Waals surface area contributed by atoms with Gasteiger partial charge in [-0.05, 0) is 55.7 Å². The predicted molar refractivity (Wildman–Crippen MR) is 114 cm³/mol. The highest BCUT2D eigenvalue weighted by Gasteiger charge is 2.68. The van der Waals surface area contributed by atoms with Gasteiger partial charge in [-0.2, -0.15) is 4.98 Å². The van der Waals surface area contributed by atoms with Crippen LogP contribution in [0.2, 0.25) is 0 Å². The van der Waals surface area contributed by atoms with Gasteiger partial charge in [0, 0.05) is 24.7 Å². The van der Waals surface area contributed by atoms with Crippen molar-refractivity contribution in [2.75, 3.05) is 5.32 Å². The second-order valence-corrected chi connectivity index (χ2v) is 9.52. The molecule has 0 spiro atoms. The third-order valence-corrected chi connectivity index (χ3v) is 7.86. The van der Waals surface area contributed by atoms with Crippen molar-refractivity contribution in [1.82, 2.24) is 19.1 Å². The SMILES string of the molecule is Cc1cc(C(N)=O)c(F)cc1Nc1ncc2c(n1)n(C1C3CC4(O)CC3CC14)c(=O)n2C. The number of hydrogen-bond acceptors (Lipinski definition) is 6. The third-order valence-electron chi connectivity index (χ3n) is 7.86. The summed E-state index contributed by atoms with van der Waals surface area (Å²) >= 11 is 0. The number of carbonyl (C=O) groups is 1. The monoisotopic (exact) mass is 438 g/mol. The number of aliphatic hydroxyl groups is 1. The first kappa shape index (κ1) is 19.4. The number of nitrogens with two attached hydrogens (primary N) is 1. The zero-order valence-electron chi connectivity index (χ0n) is 17.7. The lowest BCUT2D eigenvalue weighted by atomic mass is 9.92. The number of aromatic nitrogens is 4. The molecule has 0 saturated heterocycles. The van der Waals surface area contributed by atoms with E-state index < -0.39 is 17.3 Å². The number of rotatable bonds is 4. The summed E-state index contributed by atoms with van der Waals surface area (Å²) in [6, 6.07) is 2.48. The van der Waals surface area contributed by atoms with Crippen molar-refractivity contribution >= 4 is 28.7 Å². The van der Waals surface area contributed by atoms with E-state index in [1.54, 1.807) is 24.7 Å². The summed E-state index contributed by atoms with van der Waals surface area (Å²) in [6.45, 7) is 1.72. The van der Waals surface area contributed by atoms with E-state index in [0.29, 0.717) is 28.3 Å². The molecule has 4 aliphatic carbocycles. The van der Waals surface area contributed by atoms with Gasteiger partial charge in [-0.15, -0.1) is 0 Å². The van der Waals surface area contributed by atoms with Crippen LogP contribution < -0.4 is 16.7 Å². The molecular weight excluding hydrogens is 415 g/mol. The van der Waals surface area contributed by atoms with E-state index in [1.807, 2.05) is 0 Å². The van der Waals surface area contributed by atoms with Crippen LogP contribution >= 0.6 is 0 Å². The smallest absolute Gasteiger partial charge is 0.330 e. The van der Waals surface area contributed by atoms with Gasteiger partial charge in [0.1, 0.15) is 11.3 Å². The van der Waals surface area contributed by atoms with Gasteiger partial charge in [-0.3, -0.25) is 13.9 Å². The van der Waals surface area contributed by atoms with Crippen LogP contribution in [0.3, 0.4) is 0 Å². The summed E-state index contributed by atoms with van der Waals surface area (Å²) < 4.78 is 17.5. The molecule has 3 aromatic rings. The molecule has 1 amide bonds. The van der Waals surface area contributed by atoms with Gasteiger partial charge in [0.15, 0.2) is 5.65 Å². The molecule has 10 heteroatoms. The number of fused-ring (bicyclic) bond motifs is 1. The van der Waals surface area contributed by atoms with Gasteiger partial charge in [-0.1, -0.05) is 0 Å². The zero-order chi connectivity index (χ0) is 22.5. The molecule has 4 aliphatic rings. The highest BCUT2D eigenvalue weighted by atomic mass is 19.1. The summed E-state index contributed by atoms with van der Waals surface area (Å²) in [7, 11) is 1.69.